The minimum atomic E-state index is -1.41. The van der Waals surface area contributed by atoms with E-state index in [1.807, 2.05) is 31.2 Å². The van der Waals surface area contributed by atoms with Crippen molar-refractivity contribution in [2.45, 2.75) is 25.7 Å². The number of benzene rings is 2. The molecule has 3 atom stereocenters. The Morgan fingerprint density at radius 3 is 2.53 bits per heavy atom. The number of nitrogens with zero attached hydrogens (tertiary/aromatic N) is 1. The lowest BCUT2D eigenvalue weighted by Crippen LogP contribution is -2.21. The average molecular weight is 403 g/mol. The summed E-state index contributed by atoms with van der Waals surface area (Å²) < 4.78 is 15.9. The van der Waals surface area contributed by atoms with Gasteiger partial charge in [0.1, 0.15) is 11.3 Å². The fourth-order valence-corrected chi connectivity index (χ4v) is 4.33. The predicted octanol–water partition coefficient (Wildman–Crippen LogP) is 4.06. The van der Waals surface area contributed by atoms with Crippen molar-refractivity contribution in [2.75, 3.05) is 13.7 Å². The highest BCUT2D eigenvalue weighted by molar-refractivity contribution is 5.92. The van der Waals surface area contributed by atoms with Crippen molar-refractivity contribution >= 4 is 16.9 Å². The third kappa shape index (κ3) is 2.94. The van der Waals surface area contributed by atoms with Crippen LogP contribution in [0.15, 0.2) is 57.7 Å². The molecule has 0 amide bonds. The van der Waals surface area contributed by atoms with Gasteiger partial charge in [-0.1, -0.05) is 23.8 Å². The Balaban J connectivity index is 1.93. The maximum atomic E-state index is 13.0. The molecule has 3 aromatic rings. The summed E-state index contributed by atoms with van der Waals surface area (Å²) in [5.74, 6) is -0.871. The molecule has 0 spiro atoms. The molecule has 0 aliphatic heterocycles. The fraction of sp³-hybridized carbons (Fsp3) is 0.292. The SMILES string of the molecule is CCOC(=O)C1(C#N)C(c2ccc(OC)cc2)C1c1cc(=O)oc2ccc(C)cc12. The van der Waals surface area contributed by atoms with E-state index < -0.39 is 28.8 Å². The van der Waals surface area contributed by atoms with E-state index in [1.165, 1.54) is 6.07 Å². The molecule has 1 fully saturated rings. The van der Waals surface area contributed by atoms with Gasteiger partial charge in [-0.3, -0.25) is 4.79 Å². The van der Waals surface area contributed by atoms with E-state index in [2.05, 4.69) is 6.07 Å². The van der Waals surface area contributed by atoms with Gasteiger partial charge in [0.05, 0.1) is 19.8 Å². The van der Waals surface area contributed by atoms with Crippen LogP contribution in [0.5, 0.6) is 5.75 Å². The summed E-state index contributed by atoms with van der Waals surface area (Å²) in [4.78, 5) is 25.2. The van der Waals surface area contributed by atoms with E-state index >= 15 is 0 Å². The van der Waals surface area contributed by atoms with Gasteiger partial charge >= 0.3 is 11.6 Å². The van der Waals surface area contributed by atoms with E-state index in [1.54, 1.807) is 32.2 Å². The molecule has 1 heterocycles. The molecule has 4 rings (SSSR count). The highest BCUT2D eigenvalue weighted by atomic mass is 16.5. The second-order valence-corrected chi connectivity index (χ2v) is 7.45. The smallest absolute Gasteiger partial charge is 0.336 e. The highest BCUT2D eigenvalue weighted by Gasteiger charge is 2.73. The van der Waals surface area contributed by atoms with Gasteiger partial charge in [0.25, 0.3) is 0 Å². The van der Waals surface area contributed by atoms with Gasteiger partial charge in [0, 0.05) is 23.3 Å². The number of carbonyl (C=O) groups is 1. The largest absolute Gasteiger partial charge is 0.497 e. The number of aryl methyl sites for hydroxylation is 1. The lowest BCUT2D eigenvalue weighted by atomic mass is 9.97. The van der Waals surface area contributed by atoms with E-state index in [0.717, 1.165) is 16.5 Å². The zero-order valence-corrected chi connectivity index (χ0v) is 17.0. The molecule has 1 aliphatic carbocycles. The zero-order valence-electron chi connectivity index (χ0n) is 17.0. The lowest BCUT2D eigenvalue weighted by Gasteiger charge is -2.10. The molecule has 1 aromatic heterocycles. The summed E-state index contributed by atoms with van der Waals surface area (Å²) in [6.45, 7) is 3.81. The molecule has 1 aliphatic rings. The van der Waals surface area contributed by atoms with Gasteiger partial charge in [-0.2, -0.15) is 5.26 Å². The third-order valence-corrected chi connectivity index (χ3v) is 5.74. The number of hydrogen-bond donors (Lipinski definition) is 0. The van der Waals surface area contributed by atoms with Crippen LogP contribution in [0.4, 0.5) is 0 Å². The summed E-state index contributed by atoms with van der Waals surface area (Å²) in [5.41, 5.74) is 0.925. The van der Waals surface area contributed by atoms with Gasteiger partial charge in [0.2, 0.25) is 0 Å². The van der Waals surface area contributed by atoms with E-state index in [-0.39, 0.29) is 6.61 Å². The molecule has 0 N–H and O–H groups in total. The number of ether oxygens (including phenoxy) is 2. The van der Waals surface area contributed by atoms with E-state index in [4.69, 9.17) is 13.9 Å². The predicted molar refractivity (Wildman–Crippen MR) is 110 cm³/mol. The quantitative estimate of drug-likeness (QED) is 0.471. The molecule has 0 saturated heterocycles. The molecule has 6 heteroatoms. The minimum Gasteiger partial charge on any atom is -0.497 e. The minimum absolute atomic E-state index is 0.168. The maximum absolute atomic E-state index is 13.0. The molecule has 3 unspecified atom stereocenters. The van der Waals surface area contributed by atoms with E-state index in [9.17, 15) is 14.9 Å². The number of esters is 1. The molecule has 0 bridgehead atoms. The summed E-state index contributed by atoms with van der Waals surface area (Å²) in [7, 11) is 1.57. The first-order chi connectivity index (χ1) is 14.5. The van der Waals surface area contributed by atoms with Crippen LogP contribution in [0.3, 0.4) is 0 Å². The molecule has 1 saturated carbocycles. The van der Waals surface area contributed by atoms with Crippen LogP contribution in [0, 0.1) is 23.7 Å². The van der Waals surface area contributed by atoms with Crippen molar-refractivity contribution in [1.29, 1.82) is 5.26 Å². The second-order valence-electron chi connectivity index (χ2n) is 7.45. The topological polar surface area (TPSA) is 89.5 Å². The van der Waals surface area contributed by atoms with Crippen molar-refractivity contribution in [3.8, 4) is 11.8 Å². The number of fused-ring (bicyclic) bond motifs is 1. The standard InChI is InChI=1S/C24H21NO5/c1-4-29-23(27)24(13-25)21(15-6-8-16(28-3)9-7-15)22(24)18-12-20(26)30-19-10-5-14(2)11-17(18)19/h5-12,21-22H,4H2,1-3H3. The Morgan fingerprint density at radius 1 is 1.17 bits per heavy atom. The van der Waals surface area contributed by atoms with Gasteiger partial charge in [-0.05, 0) is 49.2 Å². The van der Waals surface area contributed by atoms with Gasteiger partial charge in [-0.25, -0.2) is 4.79 Å². The number of carbonyl (C=O) groups excluding carboxylic acids is 1. The van der Waals surface area contributed by atoms with Gasteiger partial charge in [-0.15, -0.1) is 0 Å². The van der Waals surface area contributed by atoms with Crippen LogP contribution < -0.4 is 10.4 Å². The Kier molecular flexibility index (Phi) is 4.83. The Labute approximate surface area is 173 Å². The van der Waals surface area contributed by atoms with Crippen molar-refractivity contribution in [1.82, 2.24) is 0 Å². The summed E-state index contributed by atoms with van der Waals surface area (Å²) in [6, 6.07) is 16.4. The zero-order chi connectivity index (χ0) is 21.5. The van der Waals surface area contributed by atoms with Crippen LogP contribution in [-0.2, 0) is 9.53 Å². The van der Waals surface area contributed by atoms with Crippen LogP contribution in [0.2, 0.25) is 0 Å². The molecule has 6 nitrogen and oxygen atoms in total. The van der Waals surface area contributed by atoms with Crippen molar-refractivity contribution < 1.29 is 18.7 Å². The fourth-order valence-electron chi connectivity index (χ4n) is 4.33. The monoisotopic (exact) mass is 403 g/mol. The number of nitriles is 1. The van der Waals surface area contributed by atoms with Crippen LogP contribution >= 0.6 is 0 Å². The van der Waals surface area contributed by atoms with Crippen LogP contribution in [0.1, 0.15) is 35.4 Å². The first kappa shape index (κ1) is 19.7. The van der Waals surface area contributed by atoms with Gasteiger partial charge < -0.3 is 13.9 Å². The first-order valence-electron chi connectivity index (χ1n) is 9.73. The molecule has 30 heavy (non-hydrogen) atoms. The van der Waals surface area contributed by atoms with Crippen molar-refractivity contribution in [3.05, 3.63) is 75.6 Å². The molecule has 0 radical (unpaired) electrons. The highest BCUT2D eigenvalue weighted by Crippen LogP contribution is 2.71. The summed E-state index contributed by atoms with van der Waals surface area (Å²) >= 11 is 0. The first-order valence-corrected chi connectivity index (χ1v) is 9.73. The third-order valence-electron chi connectivity index (χ3n) is 5.74. The number of methoxy groups -OCH3 is 1. The molecular formula is C24H21NO5. The molecular weight excluding hydrogens is 382 g/mol. The summed E-state index contributed by atoms with van der Waals surface area (Å²) in [6.07, 6.45) is 0. The molecule has 2 aromatic carbocycles. The lowest BCUT2D eigenvalue weighted by molar-refractivity contribution is -0.147. The average Bonchev–Trinajstić information content (AvgIpc) is 3.44. The van der Waals surface area contributed by atoms with Crippen molar-refractivity contribution in [2.24, 2.45) is 5.41 Å². The molecule has 152 valence electrons. The van der Waals surface area contributed by atoms with E-state index in [0.29, 0.717) is 16.9 Å². The maximum Gasteiger partial charge on any atom is 0.336 e. The Bertz CT molecular complexity index is 1220. The Morgan fingerprint density at radius 2 is 1.90 bits per heavy atom. The number of hydrogen-bond acceptors (Lipinski definition) is 6. The Hall–Kier alpha value is -3.59. The normalized spacial score (nSPS) is 22.3. The van der Waals surface area contributed by atoms with Crippen molar-refractivity contribution in [3.63, 3.8) is 0 Å². The van der Waals surface area contributed by atoms with Crippen LogP contribution in [-0.4, -0.2) is 19.7 Å². The summed E-state index contributed by atoms with van der Waals surface area (Å²) in [5, 5.41) is 10.9. The van der Waals surface area contributed by atoms with Crippen LogP contribution in [0.25, 0.3) is 11.0 Å². The second kappa shape index (κ2) is 7.34. The number of rotatable bonds is 5. The van der Waals surface area contributed by atoms with Gasteiger partial charge in [0.15, 0.2) is 5.41 Å².